The Morgan fingerprint density at radius 1 is 1.20 bits per heavy atom. The van der Waals surface area contributed by atoms with E-state index in [0.29, 0.717) is 18.0 Å². The third-order valence-corrected chi connectivity index (χ3v) is 8.06. The molecule has 0 saturated heterocycles. The number of nitro groups is 1. The van der Waals surface area contributed by atoms with Crippen molar-refractivity contribution >= 4 is 22.9 Å². The van der Waals surface area contributed by atoms with Gasteiger partial charge in [0.2, 0.25) is 0 Å². The zero-order valence-corrected chi connectivity index (χ0v) is 15.4. The topological polar surface area (TPSA) is 46.4 Å². The summed E-state index contributed by atoms with van der Waals surface area (Å²) < 4.78 is 0. The molecule has 4 bridgehead atoms. The normalized spacial score (nSPS) is 36.6. The maximum Gasteiger partial charge on any atom is 0.275 e. The van der Waals surface area contributed by atoms with Gasteiger partial charge in [0.1, 0.15) is 4.99 Å². The molecule has 0 radical (unpaired) electrons. The second-order valence-corrected chi connectivity index (χ2v) is 9.34. The Morgan fingerprint density at radius 2 is 1.80 bits per heavy atom. The van der Waals surface area contributed by atoms with Gasteiger partial charge >= 0.3 is 0 Å². The summed E-state index contributed by atoms with van der Waals surface area (Å²) in [4.78, 5) is 14.3. The molecule has 1 aromatic rings. The molecule has 4 aliphatic carbocycles. The molecule has 1 atom stereocenters. The Labute approximate surface area is 153 Å². The monoisotopic (exact) mass is 356 g/mol. The molecule has 5 aliphatic rings. The Kier molecular flexibility index (Phi) is 3.31. The van der Waals surface area contributed by atoms with Crippen LogP contribution >= 0.6 is 12.2 Å². The summed E-state index contributed by atoms with van der Waals surface area (Å²) in [7, 11) is 0. The molecule has 4 fully saturated rings. The zero-order valence-electron chi connectivity index (χ0n) is 14.6. The summed E-state index contributed by atoms with van der Waals surface area (Å²) >= 11 is 5.78. The van der Waals surface area contributed by atoms with E-state index in [0.717, 1.165) is 33.9 Å². The second kappa shape index (κ2) is 5.26. The highest BCUT2D eigenvalue weighted by Crippen LogP contribution is 2.62. The Morgan fingerprint density at radius 3 is 2.36 bits per heavy atom. The van der Waals surface area contributed by atoms with Gasteiger partial charge in [-0.25, -0.2) is 0 Å². The summed E-state index contributed by atoms with van der Waals surface area (Å²) in [6, 6.07) is 5.71. The van der Waals surface area contributed by atoms with Crippen LogP contribution in [0, 0.1) is 33.3 Å². The first-order chi connectivity index (χ1) is 12.0. The lowest BCUT2D eigenvalue weighted by Crippen LogP contribution is -2.55. The van der Waals surface area contributed by atoms with Gasteiger partial charge in [-0.1, -0.05) is 24.4 Å². The van der Waals surface area contributed by atoms with Crippen LogP contribution in [0.2, 0.25) is 0 Å². The molecule has 0 amide bonds. The fraction of sp³-hybridized carbons (Fsp3) is 0.650. The minimum absolute atomic E-state index is 0.222. The predicted octanol–water partition coefficient (Wildman–Crippen LogP) is 4.69. The SMILES string of the molecule is CC(N1Cc2c(cccc2[N+](=O)[O-])C1=S)C12CC3CC(CC(C3)C1)C2. The first-order valence-electron chi connectivity index (χ1n) is 9.54. The van der Waals surface area contributed by atoms with Crippen molar-refractivity contribution in [1.82, 2.24) is 4.90 Å². The van der Waals surface area contributed by atoms with Crippen LogP contribution in [0.5, 0.6) is 0 Å². The highest BCUT2D eigenvalue weighted by Gasteiger charge is 2.55. The van der Waals surface area contributed by atoms with Crippen LogP contribution in [-0.4, -0.2) is 20.9 Å². The van der Waals surface area contributed by atoms with Gasteiger partial charge in [-0.3, -0.25) is 10.1 Å². The van der Waals surface area contributed by atoms with E-state index in [1.54, 1.807) is 12.1 Å². The average molecular weight is 356 g/mol. The van der Waals surface area contributed by atoms with E-state index < -0.39 is 0 Å². The summed E-state index contributed by atoms with van der Waals surface area (Å²) in [6.45, 7) is 2.94. The predicted molar refractivity (Wildman–Crippen MR) is 100 cm³/mol. The van der Waals surface area contributed by atoms with Crippen LogP contribution in [0.25, 0.3) is 0 Å². The molecular weight excluding hydrogens is 332 g/mol. The molecule has 6 rings (SSSR count). The van der Waals surface area contributed by atoms with E-state index in [2.05, 4.69) is 11.8 Å². The third-order valence-electron chi connectivity index (χ3n) is 7.61. The van der Waals surface area contributed by atoms with Gasteiger partial charge in [0.15, 0.2) is 0 Å². The molecule has 0 N–H and O–H groups in total. The van der Waals surface area contributed by atoms with Crippen LogP contribution < -0.4 is 0 Å². The van der Waals surface area contributed by atoms with Crippen molar-refractivity contribution in [2.75, 3.05) is 0 Å². The maximum atomic E-state index is 11.4. The number of thiocarbonyl (C=S) groups is 1. The summed E-state index contributed by atoms with van der Waals surface area (Å²) in [5.74, 6) is 2.71. The summed E-state index contributed by atoms with van der Waals surface area (Å²) in [5, 5.41) is 11.4. The van der Waals surface area contributed by atoms with Crippen molar-refractivity contribution in [2.45, 2.75) is 58.0 Å². The molecule has 4 saturated carbocycles. The Hall–Kier alpha value is -1.49. The number of benzene rings is 1. The number of nitro benzene ring substituents is 1. The Balaban J connectivity index is 1.48. The molecular formula is C20H24N2O2S. The van der Waals surface area contributed by atoms with E-state index in [4.69, 9.17) is 12.2 Å². The molecule has 1 heterocycles. The van der Waals surface area contributed by atoms with Crippen molar-refractivity contribution in [1.29, 1.82) is 0 Å². The minimum atomic E-state index is -0.264. The lowest BCUT2D eigenvalue weighted by Gasteiger charge is -2.60. The van der Waals surface area contributed by atoms with Crippen LogP contribution in [-0.2, 0) is 6.54 Å². The van der Waals surface area contributed by atoms with Crippen molar-refractivity contribution in [3.05, 3.63) is 39.4 Å². The lowest BCUT2D eigenvalue weighted by molar-refractivity contribution is -0.385. The smallest absolute Gasteiger partial charge is 0.275 e. The average Bonchev–Trinajstić information content (AvgIpc) is 2.89. The second-order valence-electron chi connectivity index (χ2n) is 8.95. The number of rotatable bonds is 3. The first kappa shape index (κ1) is 15.7. The molecule has 5 heteroatoms. The largest absolute Gasteiger partial charge is 0.354 e. The lowest BCUT2D eigenvalue weighted by atomic mass is 9.47. The van der Waals surface area contributed by atoms with E-state index in [1.165, 1.54) is 38.5 Å². The molecule has 0 aromatic heterocycles. The van der Waals surface area contributed by atoms with Gasteiger partial charge < -0.3 is 4.90 Å². The summed E-state index contributed by atoms with van der Waals surface area (Å²) in [6.07, 6.45) is 8.29. The zero-order chi connectivity index (χ0) is 17.3. The van der Waals surface area contributed by atoms with Crippen molar-refractivity contribution in [3.63, 3.8) is 0 Å². The van der Waals surface area contributed by atoms with Crippen molar-refractivity contribution in [2.24, 2.45) is 23.2 Å². The van der Waals surface area contributed by atoms with Gasteiger partial charge in [0, 0.05) is 17.7 Å². The number of hydrogen-bond donors (Lipinski definition) is 0. The first-order valence-corrected chi connectivity index (χ1v) is 9.95. The van der Waals surface area contributed by atoms with E-state index in [1.807, 2.05) is 6.07 Å². The van der Waals surface area contributed by atoms with E-state index in [-0.39, 0.29) is 10.6 Å². The van der Waals surface area contributed by atoms with Gasteiger partial charge in [-0.2, -0.15) is 0 Å². The highest BCUT2D eigenvalue weighted by atomic mass is 32.1. The molecule has 4 nitrogen and oxygen atoms in total. The minimum Gasteiger partial charge on any atom is -0.354 e. The van der Waals surface area contributed by atoms with Gasteiger partial charge in [0.05, 0.1) is 17.0 Å². The fourth-order valence-corrected chi connectivity index (χ4v) is 7.26. The molecule has 1 aliphatic heterocycles. The van der Waals surface area contributed by atoms with Gasteiger partial charge in [-0.15, -0.1) is 0 Å². The maximum absolute atomic E-state index is 11.4. The quantitative estimate of drug-likeness (QED) is 0.448. The summed E-state index contributed by atoms with van der Waals surface area (Å²) in [5.41, 5.74) is 2.31. The van der Waals surface area contributed by atoms with Crippen LogP contribution in [0.4, 0.5) is 5.69 Å². The van der Waals surface area contributed by atoms with Crippen molar-refractivity contribution in [3.8, 4) is 0 Å². The molecule has 1 unspecified atom stereocenters. The van der Waals surface area contributed by atoms with E-state index >= 15 is 0 Å². The third kappa shape index (κ3) is 2.21. The number of hydrogen-bond acceptors (Lipinski definition) is 3. The van der Waals surface area contributed by atoms with Gasteiger partial charge in [0.25, 0.3) is 5.69 Å². The number of nitrogens with zero attached hydrogens (tertiary/aromatic N) is 2. The number of fused-ring (bicyclic) bond motifs is 1. The molecule has 1 aromatic carbocycles. The molecule has 25 heavy (non-hydrogen) atoms. The standard InChI is InChI=1S/C20H24N2O2S/c1-12(20-8-13-5-14(9-20)7-15(6-13)10-20)21-11-17-16(19(21)25)3-2-4-18(17)22(23)24/h2-4,12-15H,5-11H2,1H3. The van der Waals surface area contributed by atoms with Crippen LogP contribution in [0.3, 0.4) is 0 Å². The fourth-order valence-electron chi connectivity index (χ4n) is 6.84. The van der Waals surface area contributed by atoms with E-state index in [9.17, 15) is 10.1 Å². The van der Waals surface area contributed by atoms with Crippen molar-refractivity contribution < 1.29 is 4.92 Å². The Bertz CT molecular complexity index is 740. The van der Waals surface area contributed by atoms with Crippen LogP contribution in [0.15, 0.2) is 18.2 Å². The van der Waals surface area contributed by atoms with Crippen LogP contribution in [0.1, 0.15) is 56.6 Å². The molecule has 132 valence electrons. The van der Waals surface area contributed by atoms with Gasteiger partial charge in [-0.05, 0) is 68.6 Å². The molecule has 0 spiro atoms. The highest BCUT2D eigenvalue weighted by molar-refractivity contribution is 7.80.